The molecule has 5 rings (SSSR count). The molecule has 1 N–H and O–H groups in total. The zero-order valence-electron chi connectivity index (χ0n) is 17.5. The highest BCUT2D eigenvalue weighted by molar-refractivity contribution is 6.11. The molecule has 1 saturated heterocycles. The molecular weight excluding hydrogens is 396 g/mol. The van der Waals surface area contributed by atoms with E-state index in [1.165, 1.54) is 7.11 Å². The molecule has 2 fully saturated rings. The Balaban J connectivity index is 1.43. The number of carbonyl (C=O) groups is 3. The maximum atomic E-state index is 13.0. The van der Waals surface area contributed by atoms with Crippen molar-refractivity contribution in [1.29, 1.82) is 0 Å². The molecule has 160 valence electrons. The van der Waals surface area contributed by atoms with Gasteiger partial charge in [-0.15, -0.1) is 0 Å². The lowest BCUT2D eigenvalue weighted by atomic mass is 9.81. The Bertz CT molecular complexity index is 1190. The zero-order valence-corrected chi connectivity index (χ0v) is 17.5. The lowest BCUT2D eigenvalue weighted by molar-refractivity contribution is -0.146. The third kappa shape index (κ3) is 3.07. The van der Waals surface area contributed by atoms with E-state index in [-0.39, 0.29) is 23.7 Å². The van der Waals surface area contributed by atoms with Crippen molar-refractivity contribution in [3.05, 3.63) is 36.4 Å². The zero-order chi connectivity index (χ0) is 21.7. The number of carbonyl (C=O) groups excluding carboxylic acids is 3. The van der Waals surface area contributed by atoms with Crippen molar-refractivity contribution in [2.24, 2.45) is 11.8 Å². The number of ether oxygens (including phenoxy) is 1. The van der Waals surface area contributed by atoms with Crippen LogP contribution < -0.4 is 10.1 Å². The molecule has 3 aromatic rings. The van der Waals surface area contributed by atoms with E-state index in [4.69, 9.17) is 9.15 Å². The Morgan fingerprint density at radius 2 is 1.74 bits per heavy atom. The van der Waals surface area contributed by atoms with Crippen LogP contribution in [0.1, 0.15) is 32.6 Å². The van der Waals surface area contributed by atoms with Gasteiger partial charge in [-0.25, -0.2) is 0 Å². The van der Waals surface area contributed by atoms with Crippen LogP contribution >= 0.6 is 0 Å². The summed E-state index contributed by atoms with van der Waals surface area (Å²) in [5.74, 6) is -0.966. The maximum absolute atomic E-state index is 13.0. The van der Waals surface area contributed by atoms with E-state index in [1.807, 2.05) is 30.3 Å². The molecule has 1 aromatic heterocycles. The lowest BCUT2D eigenvalue weighted by Crippen LogP contribution is -2.46. The van der Waals surface area contributed by atoms with Crippen molar-refractivity contribution >= 4 is 45.3 Å². The Hall–Kier alpha value is -3.35. The first kappa shape index (κ1) is 19.6. The fraction of sp³-hybridized carbons (Fsp3) is 0.375. The molecule has 2 aliphatic rings. The molecule has 0 bridgehead atoms. The predicted molar refractivity (Wildman–Crippen MR) is 116 cm³/mol. The lowest BCUT2D eigenvalue weighted by Gasteiger charge is -2.23. The normalized spacial score (nSPS) is 22.1. The molecule has 0 spiro atoms. The Kier molecular flexibility index (Phi) is 4.68. The van der Waals surface area contributed by atoms with Gasteiger partial charge >= 0.3 is 0 Å². The van der Waals surface area contributed by atoms with Crippen LogP contribution in [0, 0.1) is 11.8 Å². The van der Waals surface area contributed by atoms with Gasteiger partial charge in [-0.1, -0.05) is 31.0 Å². The topological polar surface area (TPSA) is 88.9 Å². The number of amides is 3. The summed E-state index contributed by atoms with van der Waals surface area (Å²) in [6.07, 6.45) is 3.33. The SMILES string of the molecule is COc1cc2c(cc1NC(=O)[C@H](C)N1C(=O)[C@H]3CCCC[C@@H]3C1=O)oc1ccccc12. The molecule has 31 heavy (non-hydrogen) atoms. The molecule has 0 unspecified atom stereocenters. The molecular formula is C24H24N2O5. The minimum atomic E-state index is -0.901. The fourth-order valence-electron chi connectivity index (χ4n) is 4.94. The number of hydrogen-bond acceptors (Lipinski definition) is 5. The Morgan fingerprint density at radius 1 is 1.06 bits per heavy atom. The van der Waals surface area contributed by atoms with Gasteiger partial charge in [0.15, 0.2) is 0 Å². The number of hydrogen-bond donors (Lipinski definition) is 1. The third-order valence-electron chi connectivity index (χ3n) is 6.60. The van der Waals surface area contributed by atoms with Crippen LogP contribution in [0.2, 0.25) is 0 Å². The number of anilines is 1. The van der Waals surface area contributed by atoms with Crippen molar-refractivity contribution in [3.63, 3.8) is 0 Å². The number of para-hydroxylation sites is 1. The van der Waals surface area contributed by atoms with Gasteiger partial charge in [0.2, 0.25) is 17.7 Å². The van der Waals surface area contributed by atoms with E-state index >= 15 is 0 Å². The smallest absolute Gasteiger partial charge is 0.247 e. The number of furan rings is 1. The molecule has 3 atom stereocenters. The Morgan fingerprint density at radius 3 is 2.42 bits per heavy atom. The monoisotopic (exact) mass is 420 g/mol. The van der Waals surface area contributed by atoms with Gasteiger partial charge in [-0.05, 0) is 31.9 Å². The van der Waals surface area contributed by atoms with Crippen LogP contribution in [0.4, 0.5) is 5.69 Å². The molecule has 3 amide bonds. The Labute approximate surface area is 179 Å². The summed E-state index contributed by atoms with van der Waals surface area (Å²) in [5.41, 5.74) is 1.79. The third-order valence-corrected chi connectivity index (χ3v) is 6.60. The van der Waals surface area contributed by atoms with Crippen LogP contribution in [-0.4, -0.2) is 35.8 Å². The van der Waals surface area contributed by atoms with E-state index in [2.05, 4.69) is 5.32 Å². The largest absolute Gasteiger partial charge is 0.495 e. The van der Waals surface area contributed by atoms with E-state index in [9.17, 15) is 14.4 Å². The molecule has 7 heteroatoms. The van der Waals surface area contributed by atoms with Gasteiger partial charge in [0.25, 0.3) is 0 Å². The van der Waals surface area contributed by atoms with Gasteiger partial charge in [-0.3, -0.25) is 19.3 Å². The van der Waals surface area contributed by atoms with Gasteiger partial charge in [-0.2, -0.15) is 0 Å². The molecule has 0 radical (unpaired) electrons. The van der Waals surface area contributed by atoms with Crippen LogP contribution in [0.3, 0.4) is 0 Å². The van der Waals surface area contributed by atoms with Crippen molar-refractivity contribution in [3.8, 4) is 5.75 Å². The van der Waals surface area contributed by atoms with Crippen molar-refractivity contribution < 1.29 is 23.5 Å². The van der Waals surface area contributed by atoms with Gasteiger partial charge < -0.3 is 14.5 Å². The summed E-state index contributed by atoms with van der Waals surface area (Å²) in [5, 5.41) is 4.67. The van der Waals surface area contributed by atoms with Gasteiger partial charge in [0, 0.05) is 16.8 Å². The second-order valence-electron chi connectivity index (χ2n) is 8.36. The van der Waals surface area contributed by atoms with Crippen LogP contribution in [0.5, 0.6) is 5.75 Å². The summed E-state index contributed by atoms with van der Waals surface area (Å²) in [6.45, 7) is 1.59. The quantitative estimate of drug-likeness (QED) is 0.642. The molecule has 2 heterocycles. The highest BCUT2D eigenvalue weighted by atomic mass is 16.5. The van der Waals surface area contributed by atoms with E-state index in [0.29, 0.717) is 17.0 Å². The number of imide groups is 1. The second-order valence-corrected chi connectivity index (χ2v) is 8.36. The molecule has 1 aliphatic carbocycles. The standard InChI is InChI=1S/C24H24N2O5/c1-13(26-23(28)15-8-3-4-9-16(15)24(26)29)22(27)25-18-12-20-17(11-21(18)30-2)14-7-5-6-10-19(14)31-20/h5-7,10-13,15-16H,3-4,8-9H2,1-2H3,(H,25,27)/t13-,15-,16-/m0/s1. The van der Waals surface area contributed by atoms with Crippen molar-refractivity contribution in [2.75, 3.05) is 12.4 Å². The summed E-state index contributed by atoms with van der Waals surface area (Å²) in [4.78, 5) is 39.8. The van der Waals surface area contributed by atoms with Crippen LogP contribution in [0.25, 0.3) is 21.9 Å². The number of nitrogens with one attached hydrogen (secondary N) is 1. The average molecular weight is 420 g/mol. The van der Waals surface area contributed by atoms with Crippen LogP contribution in [-0.2, 0) is 14.4 Å². The van der Waals surface area contributed by atoms with Crippen molar-refractivity contribution in [2.45, 2.75) is 38.6 Å². The van der Waals surface area contributed by atoms with E-state index < -0.39 is 11.9 Å². The van der Waals surface area contributed by atoms with E-state index in [1.54, 1.807) is 13.0 Å². The number of likely N-dealkylation sites (tertiary alicyclic amines) is 1. The number of fused-ring (bicyclic) bond motifs is 4. The summed E-state index contributed by atoms with van der Waals surface area (Å²) >= 11 is 0. The molecule has 7 nitrogen and oxygen atoms in total. The maximum Gasteiger partial charge on any atom is 0.247 e. The van der Waals surface area contributed by atoms with Gasteiger partial charge in [0.1, 0.15) is 23.0 Å². The first-order valence-electron chi connectivity index (χ1n) is 10.7. The first-order valence-corrected chi connectivity index (χ1v) is 10.7. The van der Waals surface area contributed by atoms with Crippen LogP contribution in [0.15, 0.2) is 40.8 Å². The minimum Gasteiger partial charge on any atom is -0.495 e. The fourth-order valence-corrected chi connectivity index (χ4v) is 4.94. The van der Waals surface area contributed by atoms with Crippen molar-refractivity contribution in [1.82, 2.24) is 4.90 Å². The number of benzene rings is 2. The summed E-state index contributed by atoms with van der Waals surface area (Å²) < 4.78 is 11.4. The number of rotatable bonds is 4. The molecule has 2 aromatic carbocycles. The minimum absolute atomic E-state index is 0.225. The molecule has 1 aliphatic heterocycles. The first-order chi connectivity index (χ1) is 15.0. The van der Waals surface area contributed by atoms with Gasteiger partial charge in [0.05, 0.1) is 24.6 Å². The number of methoxy groups -OCH3 is 1. The summed E-state index contributed by atoms with van der Waals surface area (Å²) in [7, 11) is 1.53. The summed E-state index contributed by atoms with van der Waals surface area (Å²) in [6, 6.07) is 10.3. The predicted octanol–water partition coefficient (Wildman–Crippen LogP) is 4.10. The highest BCUT2D eigenvalue weighted by Gasteiger charge is 2.50. The highest BCUT2D eigenvalue weighted by Crippen LogP contribution is 2.40. The van der Waals surface area contributed by atoms with E-state index in [0.717, 1.165) is 46.9 Å². The average Bonchev–Trinajstić information content (AvgIpc) is 3.27. The second kappa shape index (κ2) is 7.41. The molecule has 1 saturated carbocycles. The number of nitrogens with zero attached hydrogens (tertiary/aromatic N) is 1.